The molecule has 0 amide bonds. The summed E-state index contributed by atoms with van der Waals surface area (Å²) in [6.07, 6.45) is 6.84. The van der Waals surface area contributed by atoms with Gasteiger partial charge in [-0.25, -0.2) is 0 Å². The molecule has 2 nitrogen and oxygen atoms in total. The van der Waals surface area contributed by atoms with Crippen molar-refractivity contribution >= 4 is 5.71 Å². The molecule has 1 aliphatic carbocycles. The minimum Gasteiger partial charge on any atom is -0.294 e. The molecule has 1 saturated carbocycles. The van der Waals surface area contributed by atoms with Crippen LogP contribution < -0.4 is 0 Å². The second-order valence-corrected chi connectivity index (χ2v) is 4.87. The molecule has 0 saturated heterocycles. The zero-order valence-electron chi connectivity index (χ0n) is 9.01. The van der Waals surface area contributed by atoms with Crippen molar-refractivity contribution < 1.29 is 0 Å². The summed E-state index contributed by atoms with van der Waals surface area (Å²) < 4.78 is 0. The van der Waals surface area contributed by atoms with Crippen LogP contribution >= 0.6 is 0 Å². The van der Waals surface area contributed by atoms with E-state index < -0.39 is 0 Å². The molecule has 1 fully saturated rings. The second kappa shape index (κ2) is 3.00. The fourth-order valence-corrected chi connectivity index (χ4v) is 2.99. The van der Waals surface area contributed by atoms with Crippen molar-refractivity contribution in [3.05, 3.63) is 0 Å². The Hall–Kier alpha value is -0.530. The molecule has 0 N–H and O–H groups in total. The van der Waals surface area contributed by atoms with Gasteiger partial charge in [-0.1, -0.05) is 12.8 Å². The van der Waals surface area contributed by atoms with Gasteiger partial charge in [0, 0.05) is 19.2 Å². The van der Waals surface area contributed by atoms with Gasteiger partial charge in [-0.05, 0) is 32.6 Å². The number of nitrogens with zero attached hydrogens (tertiary/aromatic N) is 2. The van der Waals surface area contributed by atoms with Gasteiger partial charge < -0.3 is 0 Å². The largest absolute Gasteiger partial charge is 0.294 e. The number of hydrogen-bond acceptors (Lipinski definition) is 2. The van der Waals surface area contributed by atoms with E-state index in [0.717, 1.165) is 5.92 Å². The molecule has 1 unspecified atom stereocenters. The van der Waals surface area contributed by atoms with Gasteiger partial charge in [-0.2, -0.15) is 5.10 Å². The van der Waals surface area contributed by atoms with Crippen LogP contribution in [-0.2, 0) is 0 Å². The Labute approximate surface area is 81.0 Å². The predicted molar refractivity (Wildman–Crippen MR) is 55.9 cm³/mol. The standard InChI is InChI=1S/C11H20N2/c1-9-8-11(2,13(3)12-9)10-6-4-5-7-10/h10H,4-8H2,1-3H3. The van der Waals surface area contributed by atoms with Crippen molar-refractivity contribution in [2.75, 3.05) is 7.05 Å². The van der Waals surface area contributed by atoms with Crippen LogP contribution in [0.3, 0.4) is 0 Å². The van der Waals surface area contributed by atoms with Crippen molar-refractivity contribution in [3.8, 4) is 0 Å². The van der Waals surface area contributed by atoms with Crippen LogP contribution in [0, 0.1) is 5.92 Å². The molecular formula is C11H20N2. The summed E-state index contributed by atoms with van der Waals surface area (Å²) in [5, 5.41) is 6.74. The SMILES string of the molecule is CC1=NN(C)C(C)(C2CCCC2)C1. The monoisotopic (exact) mass is 180 g/mol. The van der Waals surface area contributed by atoms with E-state index in [0.29, 0.717) is 5.54 Å². The van der Waals surface area contributed by atoms with Gasteiger partial charge >= 0.3 is 0 Å². The highest BCUT2D eigenvalue weighted by molar-refractivity contribution is 5.84. The quantitative estimate of drug-likeness (QED) is 0.605. The van der Waals surface area contributed by atoms with Crippen molar-refractivity contribution in [2.45, 2.75) is 51.5 Å². The molecule has 1 atom stereocenters. The Kier molecular flexibility index (Phi) is 2.09. The Morgan fingerprint density at radius 3 is 2.46 bits per heavy atom. The van der Waals surface area contributed by atoms with Gasteiger partial charge in [0.2, 0.25) is 0 Å². The number of rotatable bonds is 1. The van der Waals surface area contributed by atoms with Crippen LogP contribution in [0.25, 0.3) is 0 Å². The molecule has 0 radical (unpaired) electrons. The molecule has 1 heterocycles. The van der Waals surface area contributed by atoms with Crippen LogP contribution in [0.15, 0.2) is 5.10 Å². The van der Waals surface area contributed by atoms with E-state index in [-0.39, 0.29) is 0 Å². The lowest BCUT2D eigenvalue weighted by molar-refractivity contribution is 0.102. The Morgan fingerprint density at radius 1 is 1.38 bits per heavy atom. The number of hydrazone groups is 1. The smallest absolute Gasteiger partial charge is 0.0628 e. The summed E-state index contributed by atoms with van der Waals surface area (Å²) in [6, 6.07) is 0. The van der Waals surface area contributed by atoms with Crippen LogP contribution in [0.5, 0.6) is 0 Å². The van der Waals surface area contributed by atoms with E-state index in [1.165, 1.54) is 37.8 Å². The molecular weight excluding hydrogens is 160 g/mol. The van der Waals surface area contributed by atoms with E-state index in [1.807, 2.05) is 0 Å². The molecule has 2 heteroatoms. The van der Waals surface area contributed by atoms with Gasteiger partial charge in [0.1, 0.15) is 0 Å². The van der Waals surface area contributed by atoms with Crippen molar-refractivity contribution in [2.24, 2.45) is 11.0 Å². The Balaban J connectivity index is 2.12. The van der Waals surface area contributed by atoms with Crippen LogP contribution in [0.1, 0.15) is 46.0 Å². The molecule has 2 aliphatic rings. The lowest BCUT2D eigenvalue weighted by Crippen LogP contribution is -2.43. The first kappa shape index (κ1) is 9.04. The molecule has 0 aromatic heterocycles. The normalized spacial score (nSPS) is 35.6. The minimum atomic E-state index is 0.334. The van der Waals surface area contributed by atoms with Gasteiger partial charge in [0.25, 0.3) is 0 Å². The van der Waals surface area contributed by atoms with Crippen LogP contribution in [0.4, 0.5) is 0 Å². The molecule has 0 aromatic carbocycles. The minimum absolute atomic E-state index is 0.334. The predicted octanol–water partition coefficient (Wildman–Crippen LogP) is 2.65. The van der Waals surface area contributed by atoms with Gasteiger partial charge in [-0.15, -0.1) is 0 Å². The summed E-state index contributed by atoms with van der Waals surface area (Å²) in [4.78, 5) is 0. The maximum atomic E-state index is 4.54. The fourth-order valence-electron chi connectivity index (χ4n) is 2.99. The zero-order valence-corrected chi connectivity index (χ0v) is 9.01. The van der Waals surface area contributed by atoms with E-state index in [9.17, 15) is 0 Å². The Bertz CT molecular complexity index is 228. The molecule has 13 heavy (non-hydrogen) atoms. The van der Waals surface area contributed by atoms with Gasteiger partial charge in [0.15, 0.2) is 0 Å². The highest BCUT2D eigenvalue weighted by Gasteiger charge is 2.42. The lowest BCUT2D eigenvalue weighted by Gasteiger charge is -2.37. The number of hydrogen-bond donors (Lipinski definition) is 0. The van der Waals surface area contributed by atoms with Crippen molar-refractivity contribution in [1.82, 2.24) is 5.01 Å². The first-order valence-corrected chi connectivity index (χ1v) is 5.41. The highest BCUT2D eigenvalue weighted by Crippen LogP contribution is 2.41. The molecule has 0 bridgehead atoms. The zero-order chi connectivity index (χ0) is 9.47. The third-order valence-electron chi connectivity index (χ3n) is 3.91. The summed E-state index contributed by atoms with van der Waals surface area (Å²) in [5.74, 6) is 0.874. The van der Waals surface area contributed by atoms with E-state index in [1.54, 1.807) is 0 Å². The van der Waals surface area contributed by atoms with Crippen molar-refractivity contribution in [1.29, 1.82) is 0 Å². The lowest BCUT2D eigenvalue weighted by atomic mass is 9.81. The average molecular weight is 180 g/mol. The molecule has 0 aromatic rings. The van der Waals surface area contributed by atoms with Gasteiger partial charge in [-0.3, -0.25) is 5.01 Å². The summed E-state index contributed by atoms with van der Waals surface area (Å²) in [6.45, 7) is 4.53. The maximum absolute atomic E-state index is 4.54. The summed E-state index contributed by atoms with van der Waals surface area (Å²) >= 11 is 0. The fraction of sp³-hybridized carbons (Fsp3) is 0.909. The van der Waals surface area contributed by atoms with E-state index in [4.69, 9.17) is 0 Å². The first-order valence-electron chi connectivity index (χ1n) is 5.41. The van der Waals surface area contributed by atoms with Gasteiger partial charge in [0.05, 0.1) is 5.54 Å². The highest BCUT2D eigenvalue weighted by atomic mass is 15.5. The average Bonchev–Trinajstić information content (AvgIpc) is 2.61. The third kappa shape index (κ3) is 1.36. The Morgan fingerprint density at radius 2 is 2.00 bits per heavy atom. The topological polar surface area (TPSA) is 15.6 Å². The third-order valence-corrected chi connectivity index (χ3v) is 3.91. The molecule has 0 spiro atoms. The molecule has 74 valence electrons. The molecule has 1 aliphatic heterocycles. The van der Waals surface area contributed by atoms with E-state index in [2.05, 4.69) is 31.0 Å². The van der Waals surface area contributed by atoms with Crippen molar-refractivity contribution in [3.63, 3.8) is 0 Å². The van der Waals surface area contributed by atoms with Crippen LogP contribution in [0.2, 0.25) is 0 Å². The van der Waals surface area contributed by atoms with E-state index >= 15 is 0 Å². The summed E-state index contributed by atoms with van der Waals surface area (Å²) in [5.41, 5.74) is 1.64. The maximum Gasteiger partial charge on any atom is 0.0628 e. The molecule has 2 rings (SSSR count). The summed E-state index contributed by atoms with van der Waals surface area (Å²) in [7, 11) is 2.13. The second-order valence-electron chi connectivity index (χ2n) is 4.87. The first-order chi connectivity index (χ1) is 6.13. The van der Waals surface area contributed by atoms with Crippen LogP contribution in [-0.4, -0.2) is 23.3 Å².